The Kier molecular flexibility index (Phi) is 13.1. The molecule has 0 bridgehead atoms. The first kappa shape index (κ1) is 24.0. The second-order valence-electron chi connectivity index (χ2n) is 6.02. The normalized spacial score (nSPS) is 11.5. The molecule has 26 heavy (non-hydrogen) atoms. The molecule has 0 rings (SSSR count). The molecule has 11 heteroatoms. The molecule has 0 spiro atoms. The summed E-state index contributed by atoms with van der Waals surface area (Å²) in [7, 11) is 0. The number of nitro groups is 1. The Morgan fingerprint density at radius 2 is 2.04 bits per heavy atom. The van der Waals surface area contributed by atoms with Crippen molar-refractivity contribution in [3.8, 4) is 0 Å². The number of nitrogens with one attached hydrogen (secondary N) is 5. The van der Waals surface area contributed by atoms with Crippen LogP contribution in [0.15, 0.2) is 0 Å². The Morgan fingerprint density at radius 1 is 1.35 bits per heavy atom. The van der Waals surface area contributed by atoms with Gasteiger partial charge in [-0.2, -0.15) is 11.8 Å². The topological polar surface area (TPSA) is 149 Å². The van der Waals surface area contributed by atoms with E-state index in [0.29, 0.717) is 30.9 Å². The summed E-state index contributed by atoms with van der Waals surface area (Å²) in [6, 6.07) is -0.688. The van der Waals surface area contributed by atoms with Crippen molar-refractivity contribution in [3.63, 3.8) is 0 Å². The van der Waals surface area contributed by atoms with E-state index in [2.05, 4.69) is 16.0 Å². The van der Waals surface area contributed by atoms with Crippen LogP contribution >= 0.6 is 11.8 Å². The number of amides is 2. The van der Waals surface area contributed by atoms with Crippen molar-refractivity contribution < 1.29 is 14.6 Å². The highest BCUT2D eigenvalue weighted by Crippen LogP contribution is 2.03. The molecule has 1 atom stereocenters. The monoisotopic (exact) mass is 389 g/mol. The number of hydrogen-bond donors (Lipinski definition) is 5. The molecule has 0 aromatic heterocycles. The predicted molar refractivity (Wildman–Crippen MR) is 102 cm³/mol. The smallest absolute Gasteiger partial charge is 0.251 e. The van der Waals surface area contributed by atoms with Crippen molar-refractivity contribution >= 4 is 29.5 Å². The molecule has 2 amide bonds. The highest BCUT2D eigenvalue weighted by molar-refractivity contribution is 7.98. The highest BCUT2D eigenvalue weighted by atomic mass is 32.2. The van der Waals surface area contributed by atoms with E-state index in [1.165, 1.54) is 0 Å². The average Bonchev–Trinajstić information content (AvgIpc) is 2.54. The van der Waals surface area contributed by atoms with E-state index < -0.39 is 17.0 Å². The van der Waals surface area contributed by atoms with Crippen LogP contribution in [0.1, 0.15) is 39.5 Å². The van der Waals surface area contributed by atoms with Crippen molar-refractivity contribution in [2.75, 3.05) is 18.6 Å². The summed E-state index contributed by atoms with van der Waals surface area (Å²) in [6.07, 6.45) is 3.76. The fourth-order valence-electron chi connectivity index (χ4n) is 1.88. The maximum atomic E-state index is 12.3. The minimum absolute atomic E-state index is 0.195. The largest absolute Gasteiger partial charge is 0.352 e. The quantitative estimate of drug-likeness (QED) is 0.102. The van der Waals surface area contributed by atoms with Gasteiger partial charge in [-0.3, -0.25) is 15.0 Å². The molecule has 0 aliphatic heterocycles. The fraction of sp³-hybridized carbons (Fsp3) is 0.733. The van der Waals surface area contributed by atoms with E-state index in [1.807, 2.05) is 20.1 Å². The van der Waals surface area contributed by atoms with E-state index in [1.54, 1.807) is 23.7 Å². The van der Waals surface area contributed by atoms with E-state index in [4.69, 9.17) is 5.41 Å². The van der Waals surface area contributed by atoms with Gasteiger partial charge in [-0.25, -0.2) is 10.1 Å². The fourth-order valence-corrected chi connectivity index (χ4v) is 2.27. The number of hydrogen-bond acceptors (Lipinski definition) is 6. The van der Waals surface area contributed by atoms with Gasteiger partial charge in [0.15, 0.2) is 5.03 Å². The molecule has 0 heterocycles. The minimum atomic E-state index is -0.831. The number of carbonyl (C=O) groups excluding carboxylic acids is 2. The number of nitrogens with zero attached hydrogens (tertiary/aromatic N) is 1. The Balaban J connectivity index is 4.42. The molecule has 1 radical (unpaired) electrons. The molecule has 0 fully saturated rings. The molecular formula is C15H29N6O4S. The third-order valence-electron chi connectivity index (χ3n) is 3.19. The van der Waals surface area contributed by atoms with E-state index in [0.717, 1.165) is 6.42 Å². The van der Waals surface area contributed by atoms with Crippen LogP contribution in [-0.2, 0) is 9.59 Å². The molecule has 0 aromatic rings. The first-order valence-electron chi connectivity index (χ1n) is 8.40. The van der Waals surface area contributed by atoms with Gasteiger partial charge in [0.05, 0.1) is 0 Å². The van der Waals surface area contributed by atoms with Crippen LogP contribution < -0.4 is 21.4 Å². The van der Waals surface area contributed by atoms with Gasteiger partial charge in [0.25, 0.3) is 5.96 Å². The third kappa shape index (κ3) is 13.3. The van der Waals surface area contributed by atoms with Crippen LogP contribution in [0.3, 0.4) is 0 Å². The third-order valence-corrected chi connectivity index (χ3v) is 3.81. The summed E-state index contributed by atoms with van der Waals surface area (Å²) in [5.74, 6) is 0.172. The van der Waals surface area contributed by atoms with E-state index in [-0.39, 0.29) is 18.4 Å². The van der Waals surface area contributed by atoms with Crippen LogP contribution in [0.4, 0.5) is 0 Å². The molecule has 0 aromatic carbocycles. The summed E-state index contributed by atoms with van der Waals surface area (Å²) in [5, 5.41) is 24.6. The molecule has 0 saturated carbocycles. The summed E-state index contributed by atoms with van der Waals surface area (Å²) in [4.78, 5) is 34.4. The minimum Gasteiger partial charge on any atom is -0.352 e. The number of carbonyl (C=O) groups is 2. The van der Waals surface area contributed by atoms with Gasteiger partial charge in [0.1, 0.15) is 6.04 Å². The molecule has 0 aliphatic carbocycles. The molecule has 0 unspecified atom stereocenters. The van der Waals surface area contributed by atoms with Crippen LogP contribution in [0.2, 0.25) is 0 Å². The first-order valence-corrected chi connectivity index (χ1v) is 9.79. The van der Waals surface area contributed by atoms with Crippen molar-refractivity contribution in [2.24, 2.45) is 5.92 Å². The van der Waals surface area contributed by atoms with Gasteiger partial charge in [-0.1, -0.05) is 19.3 Å². The Morgan fingerprint density at radius 3 is 2.62 bits per heavy atom. The zero-order chi connectivity index (χ0) is 19.9. The van der Waals surface area contributed by atoms with Crippen LogP contribution in [0.25, 0.3) is 0 Å². The van der Waals surface area contributed by atoms with Gasteiger partial charge in [0.2, 0.25) is 11.8 Å². The number of hydrazine groups is 1. The van der Waals surface area contributed by atoms with Crippen molar-refractivity contribution in [1.82, 2.24) is 21.4 Å². The summed E-state index contributed by atoms with van der Waals surface area (Å²) < 4.78 is 0. The van der Waals surface area contributed by atoms with Crippen molar-refractivity contribution in [3.05, 3.63) is 16.7 Å². The Hall–Kier alpha value is -2.04. The average molecular weight is 390 g/mol. The van der Waals surface area contributed by atoms with Crippen molar-refractivity contribution in [1.29, 1.82) is 5.41 Å². The molecule has 10 nitrogen and oxygen atoms in total. The van der Waals surface area contributed by atoms with Gasteiger partial charge < -0.3 is 16.0 Å². The zero-order valence-electron chi connectivity index (χ0n) is 15.5. The van der Waals surface area contributed by atoms with Crippen LogP contribution in [0, 0.1) is 28.0 Å². The first-order chi connectivity index (χ1) is 12.3. The van der Waals surface area contributed by atoms with Gasteiger partial charge in [0, 0.05) is 25.3 Å². The number of thioether (sulfide) groups is 1. The van der Waals surface area contributed by atoms with Crippen molar-refractivity contribution in [2.45, 2.75) is 45.6 Å². The highest BCUT2D eigenvalue weighted by Gasteiger charge is 2.20. The lowest BCUT2D eigenvalue weighted by molar-refractivity contribution is -0.525. The van der Waals surface area contributed by atoms with E-state index >= 15 is 0 Å². The maximum Gasteiger partial charge on any atom is 0.251 e. The van der Waals surface area contributed by atoms with Crippen LogP contribution in [-0.4, -0.2) is 47.4 Å². The summed E-state index contributed by atoms with van der Waals surface area (Å²) in [5.41, 5.74) is 1.69. The van der Waals surface area contributed by atoms with Crippen LogP contribution in [0.5, 0.6) is 0 Å². The number of guanidine groups is 1. The zero-order valence-corrected chi connectivity index (χ0v) is 16.3. The maximum absolute atomic E-state index is 12.3. The SMILES string of the molecule is CSCCC(=O)N[C@@H](CCCNC(=N)N[N+](=O)[O-])C(=O)N[CH]CC(C)C. The number of rotatable bonds is 13. The summed E-state index contributed by atoms with van der Waals surface area (Å²) >= 11 is 1.55. The van der Waals surface area contributed by atoms with Gasteiger partial charge >= 0.3 is 0 Å². The Bertz CT molecular complexity index is 475. The predicted octanol–water partition coefficient (Wildman–Crippen LogP) is 0.634. The molecule has 0 aliphatic rings. The lowest BCUT2D eigenvalue weighted by Crippen LogP contribution is -2.47. The second kappa shape index (κ2) is 14.2. The second-order valence-corrected chi connectivity index (χ2v) is 7.00. The lowest BCUT2D eigenvalue weighted by Gasteiger charge is -2.19. The molecular weight excluding hydrogens is 360 g/mol. The standard InChI is InChI=1S/C15H29N6O4S/c1-11(2)6-9-17-14(23)12(19-13(22)7-10-26-3)5-4-8-18-15(16)20-21(24)25/h9,11-12H,4-8,10H2,1-3H3,(H,17,23)(H,19,22)(H3,16,18,20)/t12-/m0/s1. The molecule has 149 valence electrons. The molecule has 5 N–H and O–H groups in total. The van der Waals surface area contributed by atoms with Gasteiger partial charge in [-0.15, -0.1) is 0 Å². The lowest BCUT2D eigenvalue weighted by atomic mass is 10.1. The van der Waals surface area contributed by atoms with E-state index in [9.17, 15) is 19.7 Å². The Labute approximate surface area is 158 Å². The molecule has 0 saturated heterocycles. The summed E-state index contributed by atoms with van der Waals surface area (Å²) in [6.45, 7) is 6.01. The van der Waals surface area contributed by atoms with Gasteiger partial charge in [-0.05, 0) is 31.4 Å².